The fourth-order valence-corrected chi connectivity index (χ4v) is 2.74. The minimum Gasteiger partial charge on any atom is -0.494 e. The lowest BCUT2D eigenvalue weighted by atomic mass is 10.1. The maximum absolute atomic E-state index is 13.1. The number of benzene rings is 2. The van der Waals surface area contributed by atoms with E-state index in [1.165, 1.54) is 17.8 Å². The summed E-state index contributed by atoms with van der Waals surface area (Å²) in [6.45, 7) is 2.55. The summed E-state index contributed by atoms with van der Waals surface area (Å²) in [5, 5.41) is 0. The van der Waals surface area contributed by atoms with Crippen LogP contribution in [-0.2, 0) is 0 Å². The van der Waals surface area contributed by atoms with Crippen molar-refractivity contribution in [2.75, 3.05) is 12.4 Å². The quantitative estimate of drug-likeness (QED) is 0.814. The molecule has 0 saturated heterocycles. The number of ether oxygens (including phenoxy) is 1. The van der Waals surface area contributed by atoms with Gasteiger partial charge >= 0.3 is 0 Å². The van der Waals surface area contributed by atoms with Gasteiger partial charge in [-0.15, -0.1) is 11.8 Å². The average Bonchev–Trinajstić information content (AvgIpc) is 2.49. The van der Waals surface area contributed by atoms with Crippen LogP contribution in [0, 0.1) is 11.6 Å². The summed E-state index contributed by atoms with van der Waals surface area (Å²) in [6.07, 6.45) is 0. The molecule has 0 heterocycles. The Bertz CT molecular complexity index is 589. The van der Waals surface area contributed by atoms with E-state index in [0.29, 0.717) is 17.3 Å². The Morgan fingerprint density at radius 1 is 1.10 bits per heavy atom. The molecule has 112 valence electrons. The zero-order valence-electron chi connectivity index (χ0n) is 11.7. The Morgan fingerprint density at radius 3 is 2.43 bits per heavy atom. The van der Waals surface area contributed by atoms with Crippen LogP contribution in [0.25, 0.3) is 0 Å². The predicted octanol–water partition coefficient (Wildman–Crippen LogP) is 4.16. The number of rotatable bonds is 6. The van der Waals surface area contributed by atoms with Crippen molar-refractivity contribution in [2.24, 2.45) is 5.73 Å². The SMILES string of the molecule is CCOc1ccc(C(N)CSc2ccc(F)c(F)c2)cc1. The van der Waals surface area contributed by atoms with Gasteiger partial charge in [-0.2, -0.15) is 0 Å². The first-order chi connectivity index (χ1) is 10.1. The van der Waals surface area contributed by atoms with Crippen molar-refractivity contribution < 1.29 is 13.5 Å². The Hall–Kier alpha value is -1.59. The molecule has 0 radical (unpaired) electrons. The van der Waals surface area contributed by atoms with E-state index in [-0.39, 0.29) is 6.04 Å². The lowest BCUT2D eigenvalue weighted by molar-refractivity contribution is 0.340. The van der Waals surface area contributed by atoms with E-state index in [2.05, 4.69) is 0 Å². The lowest BCUT2D eigenvalue weighted by Crippen LogP contribution is -2.12. The monoisotopic (exact) mass is 309 g/mol. The third-order valence-electron chi connectivity index (χ3n) is 2.94. The van der Waals surface area contributed by atoms with Crippen molar-refractivity contribution in [3.8, 4) is 5.75 Å². The van der Waals surface area contributed by atoms with Crippen LogP contribution in [0.15, 0.2) is 47.4 Å². The molecule has 2 aromatic rings. The second-order valence-electron chi connectivity index (χ2n) is 4.50. The maximum atomic E-state index is 13.1. The van der Waals surface area contributed by atoms with Gasteiger partial charge in [0, 0.05) is 16.7 Å². The molecule has 2 aromatic carbocycles. The van der Waals surface area contributed by atoms with Gasteiger partial charge in [-0.3, -0.25) is 0 Å². The van der Waals surface area contributed by atoms with Crippen molar-refractivity contribution in [1.82, 2.24) is 0 Å². The van der Waals surface area contributed by atoms with Crippen LogP contribution in [0.3, 0.4) is 0 Å². The normalized spacial score (nSPS) is 12.2. The van der Waals surface area contributed by atoms with Gasteiger partial charge in [0.2, 0.25) is 0 Å². The summed E-state index contributed by atoms with van der Waals surface area (Å²) in [5.74, 6) is -0.287. The fraction of sp³-hybridized carbons (Fsp3) is 0.250. The molecule has 0 saturated carbocycles. The second kappa shape index (κ2) is 7.43. The summed E-state index contributed by atoms with van der Waals surface area (Å²) in [4.78, 5) is 0.662. The molecular weight excluding hydrogens is 292 g/mol. The molecular formula is C16H17F2NOS. The number of halogens is 2. The van der Waals surface area contributed by atoms with Crippen LogP contribution in [0.2, 0.25) is 0 Å². The van der Waals surface area contributed by atoms with Crippen LogP contribution in [0.4, 0.5) is 8.78 Å². The predicted molar refractivity (Wildman–Crippen MR) is 81.6 cm³/mol. The van der Waals surface area contributed by atoms with Crippen molar-refractivity contribution >= 4 is 11.8 Å². The molecule has 0 spiro atoms. The highest BCUT2D eigenvalue weighted by Gasteiger charge is 2.09. The first-order valence-corrected chi connectivity index (χ1v) is 7.65. The molecule has 1 unspecified atom stereocenters. The molecule has 0 aliphatic carbocycles. The van der Waals surface area contributed by atoms with Crippen molar-refractivity contribution in [3.05, 3.63) is 59.7 Å². The molecule has 0 aliphatic heterocycles. The third kappa shape index (κ3) is 4.44. The number of nitrogens with two attached hydrogens (primary N) is 1. The Kier molecular flexibility index (Phi) is 5.59. The molecule has 0 aliphatic rings. The minimum absolute atomic E-state index is 0.182. The van der Waals surface area contributed by atoms with Gasteiger partial charge in [0.25, 0.3) is 0 Å². The van der Waals surface area contributed by atoms with E-state index in [9.17, 15) is 8.78 Å². The molecule has 5 heteroatoms. The first kappa shape index (κ1) is 15.8. The molecule has 0 amide bonds. The topological polar surface area (TPSA) is 35.2 Å². The summed E-state index contributed by atoms with van der Waals surface area (Å²) in [7, 11) is 0. The van der Waals surface area contributed by atoms with Gasteiger partial charge in [-0.25, -0.2) is 8.78 Å². The van der Waals surface area contributed by atoms with Gasteiger partial charge in [-0.1, -0.05) is 12.1 Å². The summed E-state index contributed by atoms with van der Waals surface area (Å²) in [6, 6.07) is 11.3. The maximum Gasteiger partial charge on any atom is 0.159 e. The average molecular weight is 309 g/mol. The summed E-state index contributed by atoms with van der Waals surface area (Å²) in [5.41, 5.74) is 7.09. The molecule has 2 nitrogen and oxygen atoms in total. The second-order valence-corrected chi connectivity index (χ2v) is 5.59. The zero-order valence-corrected chi connectivity index (χ0v) is 12.5. The molecule has 1 atom stereocenters. The summed E-state index contributed by atoms with van der Waals surface area (Å²) < 4.78 is 31.3. The van der Waals surface area contributed by atoms with E-state index in [0.717, 1.165) is 17.4 Å². The van der Waals surface area contributed by atoms with Crippen molar-refractivity contribution in [2.45, 2.75) is 17.9 Å². The molecule has 2 rings (SSSR count). The highest BCUT2D eigenvalue weighted by atomic mass is 32.2. The molecule has 2 N–H and O–H groups in total. The molecule has 21 heavy (non-hydrogen) atoms. The molecule has 0 aromatic heterocycles. The minimum atomic E-state index is -0.838. The Morgan fingerprint density at radius 2 is 1.81 bits per heavy atom. The van der Waals surface area contributed by atoms with Gasteiger partial charge in [-0.05, 0) is 42.8 Å². The largest absolute Gasteiger partial charge is 0.494 e. The van der Waals surface area contributed by atoms with E-state index in [4.69, 9.17) is 10.5 Å². The standard InChI is InChI=1S/C16H17F2NOS/c1-2-20-12-5-3-11(4-6-12)16(19)10-21-13-7-8-14(17)15(18)9-13/h3-9,16H,2,10,19H2,1H3. The molecule has 0 fully saturated rings. The fourth-order valence-electron chi connectivity index (χ4n) is 1.83. The van der Waals surface area contributed by atoms with Crippen molar-refractivity contribution in [3.63, 3.8) is 0 Å². The Labute approximate surface area is 127 Å². The number of hydrogen-bond acceptors (Lipinski definition) is 3. The van der Waals surface area contributed by atoms with E-state index < -0.39 is 11.6 Å². The zero-order chi connectivity index (χ0) is 15.2. The van der Waals surface area contributed by atoms with Crippen LogP contribution in [0.1, 0.15) is 18.5 Å². The Balaban J connectivity index is 1.94. The van der Waals surface area contributed by atoms with E-state index in [1.807, 2.05) is 31.2 Å². The van der Waals surface area contributed by atoms with Crippen LogP contribution in [-0.4, -0.2) is 12.4 Å². The van der Waals surface area contributed by atoms with Crippen LogP contribution in [0.5, 0.6) is 5.75 Å². The van der Waals surface area contributed by atoms with Gasteiger partial charge < -0.3 is 10.5 Å². The van der Waals surface area contributed by atoms with Crippen LogP contribution >= 0.6 is 11.8 Å². The van der Waals surface area contributed by atoms with E-state index in [1.54, 1.807) is 6.07 Å². The van der Waals surface area contributed by atoms with Crippen LogP contribution < -0.4 is 10.5 Å². The van der Waals surface area contributed by atoms with Gasteiger partial charge in [0.15, 0.2) is 11.6 Å². The highest BCUT2D eigenvalue weighted by molar-refractivity contribution is 7.99. The molecule has 0 bridgehead atoms. The highest BCUT2D eigenvalue weighted by Crippen LogP contribution is 2.25. The first-order valence-electron chi connectivity index (χ1n) is 6.66. The van der Waals surface area contributed by atoms with E-state index >= 15 is 0 Å². The van der Waals surface area contributed by atoms with Gasteiger partial charge in [0.05, 0.1) is 6.61 Å². The van der Waals surface area contributed by atoms with Gasteiger partial charge in [0.1, 0.15) is 5.75 Å². The number of thioether (sulfide) groups is 1. The van der Waals surface area contributed by atoms with Crippen molar-refractivity contribution in [1.29, 1.82) is 0 Å². The lowest BCUT2D eigenvalue weighted by Gasteiger charge is -2.12. The smallest absolute Gasteiger partial charge is 0.159 e. The third-order valence-corrected chi connectivity index (χ3v) is 4.05. The summed E-state index contributed by atoms with van der Waals surface area (Å²) >= 11 is 1.40. The number of hydrogen-bond donors (Lipinski definition) is 1.